The Morgan fingerprint density at radius 1 is 1.30 bits per heavy atom. The minimum absolute atomic E-state index is 0.521. The molecule has 1 saturated heterocycles. The normalized spacial score (nSPS) is 25.5. The molecule has 2 unspecified atom stereocenters. The van der Waals surface area contributed by atoms with Gasteiger partial charge in [0.2, 0.25) is 0 Å². The molecule has 1 aliphatic carbocycles. The summed E-state index contributed by atoms with van der Waals surface area (Å²) in [6, 6.07) is 2.82. The number of rotatable bonds is 4. The van der Waals surface area contributed by atoms with Gasteiger partial charge in [0.1, 0.15) is 5.82 Å². The first kappa shape index (κ1) is 13.9. The van der Waals surface area contributed by atoms with Gasteiger partial charge in [-0.15, -0.1) is 0 Å². The molecule has 1 N–H and O–H groups in total. The molecule has 0 aromatic carbocycles. The lowest BCUT2D eigenvalue weighted by molar-refractivity contribution is 0.494. The van der Waals surface area contributed by atoms with Crippen molar-refractivity contribution < 1.29 is 0 Å². The molecule has 2 heterocycles. The Kier molecular flexibility index (Phi) is 3.97. The molecule has 1 aromatic rings. The van der Waals surface area contributed by atoms with Gasteiger partial charge in [-0.1, -0.05) is 20.3 Å². The van der Waals surface area contributed by atoms with Crippen LogP contribution in [0.15, 0.2) is 12.3 Å². The summed E-state index contributed by atoms with van der Waals surface area (Å²) < 4.78 is 0. The molecule has 2 atom stereocenters. The molecule has 0 spiro atoms. The molecule has 0 bridgehead atoms. The number of pyridine rings is 1. The second-order valence-corrected chi connectivity index (χ2v) is 6.88. The predicted octanol–water partition coefficient (Wildman–Crippen LogP) is 3.12. The summed E-state index contributed by atoms with van der Waals surface area (Å²) >= 11 is 0. The zero-order chi connectivity index (χ0) is 14.1. The van der Waals surface area contributed by atoms with E-state index < -0.39 is 0 Å². The van der Waals surface area contributed by atoms with E-state index in [2.05, 4.69) is 37.1 Å². The number of aryl methyl sites for hydroxylation is 1. The van der Waals surface area contributed by atoms with Gasteiger partial charge >= 0.3 is 0 Å². The molecule has 0 amide bonds. The summed E-state index contributed by atoms with van der Waals surface area (Å²) in [7, 11) is 0. The first-order chi connectivity index (χ1) is 9.63. The van der Waals surface area contributed by atoms with E-state index in [1.165, 1.54) is 49.3 Å². The molecule has 0 radical (unpaired) electrons. The smallest absolute Gasteiger partial charge is 0.131 e. The predicted molar refractivity (Wildman–Crippen MR) is 84.0 cm³/mol. The Hall–Kier alpha value is -1.09. The van der Waals surface area contributed by atoms with Crippen molar-refractivity contribution in [2.24, 2.45) is 11.8 Å². The first-order valence-electron chi connectivity index (χ1n) is 8.07. The number of anilines is 1. The van der Waals surface area contributed by atoms with Gasteiger partial charge in [0.25, 0.3) is 0 Å². The van der Waals surface area contributed by atoms with E-state index >= 15 is 0 Å². The third kappa shape index (κ3) is 2.83. The van der Waals surface area contributed by atoms with Crippen molar-refractivity contribution in [3.05, 3.63) is 23.4 Å². The lowest BCUT2D eigenvalue weighted by Crippen LogP contribution is -2.24. The number of nitrogens with one attached hydrogen (secondary N) is 1. The van der Waals surface area contributed by atoms with E-state index in [1.807, 2.05) is 6.20 Å². The number of aromatic nitrogens is 1. The van der Waals surface area contributed by atoms with Crippen molar-refractivity contribution in [3.63, 3.8) is 0 Å². The molecule has 1 aliphatic heterocycles. The van der Waals surface area contributed by atoms with Gasteiger partial charge in [-0.25, -0.2) is 4.98 Å². The summed E-state index contributed by atoms with van der Waals surface area (Å²) in [5.74, 6) is 3.07. The van der Waals surface area contributed by atoms with Crippen LogP contribution in [0.4, 0.5) is 5.82 Å². The third-order valence-corrected chi connectivity index (χ3v) is 4.85. The number of nitrogens with zero attached hydrogens (tertiary/aromatic N) is 2. The second kappa shape index (κ2) is 5.72. The van der Waals surface area contributed by atoms with Crippen LogP contribution in [-0.4, -0.2) is 24.1 Å². The fraction of sp³-hybridized carbons (Fsp3) is 0.706. The van der Waals surface area contributed by atoms with Gasteiger partial charge < -0.3 is 10.2 Å². The topological polar surface area (TPSA) is 28.2 Å². The van der Waals surface area contributed by atoms with Crippen LogP contribution >= 0.6 is 0 Å². The summed E-state index contributed by atoms with van der Waals surface area (Å²) in [5.41, 5.74) is 2.62. The van der Waals surface area contributed by atoms with E-state index in [-0.39, 0.29) is 0 Å². The van der Waals surface area contributed by atoms with Crippen LogP contribution < -0.4 is 10.2 Å². The van der Waals surface area contributed by atoms with Crippen LogP contribution in [0.5, 0.6) is 0 Å². The Morgan fingerprint density at radius 2 is 2.00 bits per heavy atom. The molecule has 110 valence electrons. The number of hydrogen-bond donors (Lipinski definition) is 1. The van der Waals surface area contributed by atoms with E-state index in [9.17, 15) is 0 Å². The second-order valence-electron chi connectivity index (χ2n) is 6.88. The average molecular weight is 273 g/mol. The maximum atomic E-state index is 4.75. The monoisotopic (exact) mass is 273 g/mol. The highest BCUT2D eigenvalue weighted by molar-refractivity contribution is 5.48. The molecule has 1 aromatic heterocycles. The van der Waals surface area contributed by atoms with Crippen molar-refractivity contribution in [3.8, 4) is 0 Å². The fourth-order valence-electron chi connectivity index (χ4n) is 3.78. The zero-order valence-electron chi connectivity index (χ0n) is 13.0. The van der Waals surface area contributed by atoms with Crippen LogP contribution in [0.3, 0.4) is 0 Å². The van der Waals surface area contributed by atoms with Gasteiger partial charge in [-0.05, 0) is 48.8 Å². The Balaban J connectivity index is 1.68. The first-order valence-corrected chi connectivity index (χ1v) is 8.07. The van der Waals surface area contributed by atoms with Gasteiger partial charge in [0, 0.05) is 31.9 Å². The Labute approximate surface area is 122 Å². The summed E-state index contributed by atoms with van der Waals surface area (Å²) in [5, 5.41) is 3.46. The molecular weight excluding hydrogens is 246 g/mol. The van der Waals surface area contributed by atoms with Crippen LogP contribution in [0.2, 0.25) is 0 Å². The van der Waals surface area contributed by atoms with E-state index in [0.29, 0.717) is 6.04 Å². The average Bonchev–Trinajstić information content (AvgIpc) is 2.97. The molecule has 2 aliphatic rings. The highest BCUT2D eigenvalue weighted by atomic mass is 15.2. The minimum Gasteiger partial charge on any atom is -0.356 e. The third-order valence-electron chi connectivity index (χ3n) is 4.85. The van der Waals surface area contributed by atoms with Gasteiger partial charge in [0.05, 0.1) is 0 Å². The van der Waals surface area contributed by atoms with E-state index in [1.54, 1.807) is 0 Å². The fourth-order valence-corrected chi connectivity index (χ4v) is 3.78. The molecule has 1 saturated carbocycles. The van der Waals surface area contributed by atoms with E-state index in [4.69, 9.17) is 4.98 Å². The molecule has 3 rings (SSSR count). The van der Waals surface area contributed by atoms with Gasteiger partial charge in [0.15, 0.2) is 0 Å². The van der Waals surface area contributed by atoms with Crippen LogP contribution in [0.1, 0.15) is 44.2 Å². The Morgan fingerprint density at radius 3 is 2.60 bits per heavy atom. The van der Waals surface area contributed by atoms with Gasteiger partial charge in [-0.3, -0.25) is 0 Å². The summed E-state index contributed by atoms with van der Waals surface area (Å²) in [6.45, 7) is 9.92. The Bertz CT molecular complexity index is 457. The largest absolute Gasteiger partial charge is 0.356 e. The molecule has 3 heteroatoms. The summed E-state index contributed by atoms with van der Waals surface area (Å²) in [4.78, 5) is 7.27. The summed E-state index contributed by atoms with van der Waals surface area (Å²) in [6.07, 6.45) is 6.34. The molecule has 2 fully saturated rings. The van der Waals surface area contributed by atoms with Crippen LogP contribution in [0, 0.1) is 18.8 Å². The zero-order valence-corrected chi connectivity index (χ0v) is 13.0. The molecular formula is C17H27N3. The standard InChI is InChI=1S/C17H27N3/c1-12(2)18-8-14-7-13(3)17(19-9-14)20-10-15-5-4-6-16(15)11-20/h7,9,12,15-16,18H,4-6,8,10-11H2,1-3H3. The maximum Gasteiger partial charge on any atom is 0.131 e. The van der Waals surface area contributed by atoms with Gasteiger partial charge in [-0.2, -0.15) is 0 Å². The lowest BCUT2D eigenvalue weighted by atomic mass is 10.0. The SMILES string of the molecule is Cc1cc(CNC(C)C)cnc1N1CC2CCCC2C1. The maximum absolute atomic E-state index is 4.75. The number of fused-ring (bicyclic) bond motifs is 1. The van der Waals surface area contributed by atoms with Crippen LogP contribution in [0.25, 0.3) is 0 Å². The van der Waals surface area contributed by atoms with Crippen LogP contribution in [-0.2, 0) is 6.54 Å². The quantitative estimate of drug-likeness (QED) is 0.913. The highest BCUT2D eigenvalue weighted by Gasteiger charge is 2.36. The van der Waals surface area contributed by atoms with Crippen molar-refractivity contribution in [1.29, 1.82) is 0 Å². The van der Waals surface area contributed by atoms with Crippen molar-refractivity contribution in [2.45, 2.75) is 52.6 Å². The van der Waals surface area contributed by atoms with E-state index in [0.717, 1.165) is 18.4 Å². The van der Waals surface area contributed by atoms with Crippen molar-refractivity contribution in [2.75, 3.05) is 18.0 Å². The minimum atomic E-state index is 0.521. The van der Waals surface area contributed by atoms with Crippen molar-refractivity contribution >= 4 is 5.82 Å². The molecule has 20 heavy (non-hydrogen) atoms. The number of hydrogen-bond acceptors (Lipinski definition) is 3. The molecule has 3 nitrogen and oxygen atoms in total. The lowest BCUT2D eigenvalue weighted by Gasteiger charge is -2.21. The highest BCUT2D eigenvalue weighted by Crippen LogP contribution is 2.39. The van der Waals surface area contributed by atoms with Crippen molar-refractivity contribution in [1.82, 2.24) is 10.3 Å².